The number of hydrogen-bond acceptors (Lipinski definition) is 3. The molecular formula is C7H9N3O2. The molecule has 0 bridgehead atoms. The maximum Gasteiger partial charge on any atom is 0.267 e. The molecule has 12 heavy (non-hydrogen) atoms. The molecule has 0 radical (unpaired) electrons. The maximum absolute atomic E-state index is 10.5. The zero-order chi connectivity index (χ0) is 8.97. The fraction of sp³-hybridized carbons (Fsp3) is 0.143. The minimum absolute atomic E-state index is 0.559. The van der Waals surface area contributed by atoms with Crippen LogP contribution >= 0.6 is 0 Å². The van der Waals surface area contributed by atoms with Crippen LogP contribution in [-0.4, -0.2) is 20.9 Å². The van der Waals surface area contributed by atoms with E-state index in [1.165, 1.54) is 11.6 Å². The number of aromatic nitrogens is 2. The molecule has 0 saturated heterocycles. The van der Waals surface area contributed by atoms with Crippen molar-refractivity contribution in [3.63, 3.8) is 0 Å². The molecule has 0 fully saturated rings. The van der Waals surface area contributed by atoms with Gasteiger partial charge in [-0.2, -0.15) is 5.10 Å². The molecule has 5 heteroatoms. The fourth-order valence-corrected chi connectivity index (χ4v) is 0.746. The summed E-state index contributed by atoms with van der Waals surface area (Å²) in [6, 6.07) is 1.75. The van der Waals surface area contributed by atoms with Crippen LogP contribution in [0.3, 0.4) is 0 Å². The molecule has 0 spiro atoms. The number of aryl methyl sites for hydroxylation is 1. The molecule has 0 unspecified atom stereocenters. The number of hydrogen-bond donors (Lipinski definition) is 2. The van der Waals surface area contributed by atoms with E-state index >= 15 is 0 Å². The van der Waals surface area contributed by atoms with Gasteiger partial charge in [-0.25, -0.2) is 5.48 Å². The molecule has 0 saturated carbocycles. The third-order valence-electron chi connectivity index (χ3n) is 1.37. The predicted octanol–water partition coefficient (Wildman–Crippen LogP) is -0.0613. The Morgan fingerprint density at radius 3 is 3.08 bits per heavy atom. The Kier molecular flexibility index (Phi) is 2.60. The SMILES string of the molecule is Cn1nccc1/C=C/C(=O)NO. The highest BCUT2D eigenvalue weighted by molar-refractivity contribution is 5.90. The second-order valence-corrected chi connectivity index (χ2v) is 2.19. The summed E-state index contributed by atoms with van der Waals surface area (Å²) in [5.74, 6) is -0.559. The lowest BCUT2D eigenvalue weighted by atomic mass is 10.4. The molecule has 0 aromatic carbocycles. The van der Waals surface area contributed by atoms with Crippen LogP contribution in [0, 0.1) is 0 Å². The van der Waals surface area contributed by atoms with Gasteiger partial charge in [0.1, 0.15) is 0 Å². The number of hydroxylamine groups is 1. The molecule has 0 aliphatic carbocycles. The highest BCUT2D eigenvalue weighted by atomic mass is 16.5. The Morgan fingerprint density at radius 2 is 2.58 bits per heavy atom. The highest BCUT2D eigenvalue weighted by Gasteiger charge is 1.93. The van der Waals surface area contributed by atoms with Gasteiger partial charge in [0.15, 0.2) is 0 Å². The van der Waals surface area contributed by atoms with Gasteiger partial charge in [-0.15, -0.1) is 0 Å². The van der Waals surface area contributed by atoms with Crippen molar-refractivity contribution < 1.29 is 10.0 Å². The number of rotatable bonds is 2. The van der Waals surface area contributed by atoms with Gasteiger partial charge in [0.2, 0.25) is 0 Å². The van der Waals surface area contributed by atoms with Crippen LogP contribution in [0.25, 0.3) is 6.08 Å². The van der Waals surface area contributed by atoms with E-state index in [9.17, 15) is 4.79 Å². The second-order valence-electron chi connectivity index (χ2n) is 2.19. The molecule has 1 aromatic heterocycles. The van der Waals surface area contributed by atoms with Gasteiger partial charge in [0, 0.05) is 19.3 Å². The molecule has 2 N–H and O–H groups in total. The Labute approximate surface area is 69.3 Å². The number of nitrogens with zero attached hydrogens (tertiary/aromatic N) is 2. The number of amides is 1. The standard InChI is InChI=1S/C7H9N3O2/c1-10-6(4-5-8-10)2-3-7(11)9-12/h2-5,12H,1H3,(H,9,11)/b3-2+. The second kappa shape index (κ2) is 3.68. The summed E-state index contributed by atoms with van der Waals surface area (Å²) in [5, 5.41) is 12.1. The van der Waals surface area contributed by atoms with Gasteiger partial charge in [-0.1, -0.05) is 0 Å². The van der Waals surface area contributed by atoms with Gasteiger partial charge in [0.05, 0.1) is 5.69 Å². The maximum atomic E-state index is 10.5. The lowest BCUT2D eigenvalue weighted by molar-refractivity contribution is -0.124. The molecule has 0 aliphatic rings. The van der Waals surface area contributed by atoms with E-state index in [4.69, 9.17) is 5.21 Å². The van der Waals surface area contributed by atoms with Crippen molar-refractivity contribution in [1.29, 1.82) is 0 Å². The minimum atomic E-state index is -0.559. The summed E-state index contributed by atoms with van der Waals surface area (Å²) in [6.07, 6.45) is 4.39. The molecule has 64 valence electrons. The van der Waals surface area contributed by atoms with Crippen molar-refractivity contribution in [3.05, 3.63) is 24.0 Å². The summed E-state index contributed by atoms with van der Waals surface area (Å²) in [5.41, 5.74) is 2.28. The van der Waals surface area contributed by atoms with E-state index in [-0.39, 0.29) is 0 Å². The first-order valence-corrected chi connectivity index (χ1v) is 3.34. The average molecular weight is 167 g/mol. The first-order valence-electron chi connectivity index (χ1n) is 3.34. The van der Waals surface area contributed by atoms with E-state index in [1.54, 1.807) is 30.1 Å². The molecule has 0 aliphatic heterocycles. The van der Waals surface area contributed by atoms with Crippen molar-refractivity contribution in [2.45, 2.75) is 0 Å². The Hall–Kier alpha value is -1.62. The fourth-order valence-electron chi connectivity index (χ4n) is 0.746. The van der Waals surface area contributed by atoms with Gasteiger partial charge < -0.3 is 0 Å². The van der Waals surface area contributed by atoms with Crippen LogP contribution in [0.2, 0.25) is 0 Å². The van der Waals surface area contributed by atoms with Crippen LogP contribution in [0.1, 0.15) is 5.69 Å². The van der Waals surface area contributed by atoms with Crippen LogP contribution in [0.4, 0.5) is 0 Å². The van der Waals surface area contributed by atoms with Crippen molar-refractivity contribution in [1.82, 2.24) is 15.3 Å². The zero-order valence-corrected chi connectivity index (χ0v) is 6.56. The van der Waals surface area contributed by atoms with Crippen LogP contribution in [0.15, 0.2) is 18.3 Å². The summed E-state index contributed by atoms with van der Waals surface area (Å²) in [6.45, 7) is 0. The average Bonchev–Trinajstić information content (AvgIpc) is 2.47. The van der Waals surface area contributed by atoms with Crippen molar-refractivity contribution in [3.8, 4) is 0 Å². The van der Waals surface area contributed by atoms with E-state index < -0.39 is 5.91 Å². The smallest absolute Gasteiger partial charge is 0.267 e. The predicted molar refractivity (Wildman–Crippen MR) is 42.2 cm³/mol. The van der Waals surface area contributed by atoms with Gasteiger partial charge in [-0.3, -0.25) is 14.7 Å². The third-order valence-corrected chi connectivity index (χ3v) is 1.37. The number of nitrogens with one attached hydrogen (secondary N) is 1. The lowest BCUT2D eigenvalue weighted by Gasteiger charge is -1.92. The van der Waals surface area contributed by atoms with Crippen molar-refractivity contribution >= 4 is 12.0 Å². The van der Waals surface area contributed by atoms with Gasteiger partial charge in [-0.05, 0) is 12.1 Å². The monoisotopic (exact) mass is 167 g/mol. The lowest BCUT2D eigenvalue weighted by Crippen LogP contribution is -2.14. The molecule has 1 rings (SSSR count). The normalized spacial score (nSPS) is 10.5. The third kappa shape index (κ3) is 1.93. The van der Waals surface area contributed by atoms with E-state index in [2.05, 4.69) is 5.10 Å². The first-order chi connectivity index (χ1) is 5.74. The molecular weight excluding hydrogens is 158 g/mol. The molecule has 0 atom stereocenters. The summed E-state index contributed by atoms with van der Waals surface area (Å²) in [7, 11) is 1.76. The van der Waals surface area contributed by atoms with E-state index in [0.717, 1.165) is 5.69 Å². The van der Waals surface area contributed by atoms with E-state index in [0.29, 0.717) is 0 Å². The van der Waals surface area contributed by atoms with Gasteiger partial charge >= 0.3 is 0 Å². The Balaban J connectivity index is 2.69. The molecule has 1 amide bonds. The topological polar surface area (TPSA) is 67.2 Å². The highest BCUT2D eigenvalue weighted by Crippen LogP contribution is 1.98. The quantitative estimate of drug-likeness (QED) is 0.368. The van der Waals surface area contributed by atoms with Crippen molar-refractivity contribution in [2.24, 2.45) is 7.05 Å². The minimum Gasteiger partial charge on any atom is -0.288 e. The van der Waals surface area contributed by atoms with Crippen LogP contribution < -0.4 is 5.48 Å². The molecule has 1 heterocycles. The Bertz CT molecular complexity index is 303. The largest absolute Gasteiger partial charge is 0.288 e. The van der Waals surface area contributed by atoms with Crippen LogP contribution in [0.5, 0.6) is 0 Å². The first kappa shape index (κ1) is 8.48. The zero-order valence-electron chi connectivity index (χ0n) is 6.56. The molecule has 5 nitrogen and oxygen atoms in total. The Morgan fingerprint density at radius 1 is 1.83 bits per heavy atom. The van der Waals surface area contributed by atoms with E-state index in [1.807, 2.05) is 0 Å². The number of carbonyl (C=O) groups excluding carboxylic acids is 1. The summed E-state index contributed by atoms with van der Waals surface area (Å²) < 4.78 is 1.61. The molecule has 1 aromatic rings. The number of carbonyl (C=O) groups is 1. The van der Waals surface area contributed by atoms with Crippen molar-refractivity contribution in [2.75, 3.05) is 0 Å². The summed E-state index contributed by atoms with van der Waals surface area (Å²) in [4.78, 5) is 10.5. The van der Waals surface area contributed by atoms with Gasteiger partial charge in [0.25, 0.3) is 5.91 Å². The summed E-state index contributed by atoms with van der Waals surface area (Å²) >= 11 is 0. The van der Waals surface area contributed by atoms with Crippen LogP contribution in [-0.2, 0) is 11.8 Å².